The largest absolute Gasteiger partial charge is 0.462 e. The quantitative estimate of drug-likeness (QED) is 0.0446. The number of carbonyl (C=O) groups is 1. The minimum atomic E-state index is -0.0551. The summed E-state index contributed by atoms with van der Waals surface area (Å²) in [6, 6.07) is 0. The number of hydrogen-bond donors (Lipinski definition) is 1. The fourth-order valence-electron chi connectivity index (χ4n) is 5.47. The molecule has 0 aromatic carbocycles. The van der Waals surface area contributed by atoms with Crippen molar-refractivity contribution >= 4 is 5.97 Å². The molecule has 3 nitrogen and oxygen atoms in total. The van der Waals surface area contributed by atoms with Crippen LogP contribution in [0, 0.1) is 0 Å². The van der Waals surface area contributed by atoms with E-state index in [1.807, 2.05) is 0 Å². The molecule has 0 spiro atoms. The maximum Gasteiger partial charge on any atom is 0.306 e. The lowest BCUT2D eigenvalue weighted by molar-refractivity contribution is -0.150. The van der Waals surface area contributed by atoms with Gasteiger partial charge in [-0.25, -0.2) is 0 Å². The summed E-state index contributed by atoms with van der Waals surface area (Å²) in [6.07, 6.45) is 52.3. The average molecular weight is 614 g/mol. The highest BCUT2D eigenvalue weighted by molar-refractivity contribution is 5.69. The van der Waals surface area contributed by atoms with Gasteiger partial charge in [0.1, 0.15) is 6.10 Å². The van der Waals surface area contributed by atoms with Crippen molar-refractivity contribution in [2.24, 2.45) is 5.73 Å². The second-order valence-electron chi connectivity index (χ2n) is 12.8. The third kappa shape index (κ3) is 34.9. The zero-order chi connectivity index (χ0) is 32.0. The molecule has 0 aliphatic heterocycles. The van der Waals surface area contributed by atoms with Gasteiger partial charge in [0, 0.05) is 6.42 Å². The highest BCUT2D eigenvalue weighted by atomic mass is 16.5. The van der Waals surface area contributed by atoms with Crippen molar-refractivity contribution in [3.05, 3.63) is 48.6 Å². The summed E-state index contributed by atoms with van der Waals surface area (Å²) in [7, 11) is 0. The van der Waals surface area contributed by atoms with E-state index in [2.05, 4.69) is 62.5 Å². The molecule has 2 N–H and O–H groups in total. The number of unbranched alkanes of at least 4 members (excludes halogenated alkanes) is 18. The number of hydrogen-bond acceptors (Lipinski definition) is 3. The molecule has 0 rings (SSSR count). The standard InChI is InChI=1S/C41H75NO2/c1-3-5-7-9-11-13-15-17-19-21-23-25-27-29-31-33-36-40(44-41(43)38-35-39-42)37-34-32-30-28-26-24-22-20-18-16-14-12-10-8-6-4-2/h11-14,17-20,40H,3-10,15-16,21-39,42H2,1-2H3/b13-11+,14-12+,19-17+,20-18+. The lowest BCUT2D eigenvalue weighted by atomic mass is 10.0. The van der Waals surface area contributed by atoms with Gasteiger partial charge in [-0.1, -0.05) is 140 Å². The van der Waals surface area contributed by atoms with Crippen LogP contribution in [0.5, 0.6) is 0 Å². The lowest BCUT2D eigenvalue weighted by Gasteiger charge is -2.18. The molecule has 44 heavy (non-hydrogen) atoms. The van der Waals surface area contributed by atoms with Gasteiger partial charge in [-0.15, -0.1) is 0 Å². The first-order valence-electron chi connectivity index (χ1n) is 19.2. The summed E-state index contributed by atoms with van der Waals surface area (Å²) in [5, 5.41) is 0. The van der Waals surface area contributed by atoms with Gasteiger partial charge in [0.15, 0.2) is 0 Å². The van der Waals surface area contributed by atoms with Crippen molar-refractivity contribution in [3.8, 4) is 0 Å². The van der Waals surface area contributed by atoms with Crippen molar-refractivity contribution in [2.75, 3.05) is 6.54 Å². The van der Waals surface area contributed by atoms with Crippen LogP contribution < -0.4 is 5.73 Å². The predicted octanol–water partition coefficient (Wildman–Crippen LogP) is 13.0. The van der Waals surface area contributed by atoms with Crippen molar-refractivity contribution in [1.29, 1.82) is 0 Å². The highest BCUT2D eigenvalue weighted by Gasteiger charge is 2.14. The van der Waals surface area contributed by atoms with Crippen LogP contribution in [-0.4, -0.2) is 18.6 Å². The van der Waals surface area contributed by atoms with Gasteiger partial charge in [-0.2, -0.15) is 0 Å². The Labute approximate surface area is 275 Å². The smallest absolute Gasteiger partial charge is 0.306 e. The Morgan fingerprint density at radius 3 is 1.25 bits per heavy atom. The number of carbonyl (C=O) groups excluding carboxylic acids is 1. The Morgan fingerprint density at radius 2 is 0.864 bits per heavy atom. The van der Waals surface area contributed by atoms with Crippen molar-refractivity contribution in [2.45, 2.75) is 200 Å². The SMILES string of the molecule is CCCCC/C=C/C/C=C/CCCCCCCCC(CCCCCCCC/C=C/C/C=C/CCCCC)OC(=O)CCCN. The third-order valence-corrected chi connectivity index (χ3v) is 8.34. The van der Waals surface area contributed by atoms with Gasteiger partial charge in [-0.05, 0) is 103 Å². The zero-order valence-electron chi connectivity index (χ0n) is 29.6. The number of esters is 1. The summed E-state index contributed by atoms with van der Waals surface area (Å²) < 4.78 is 5.88. The summed E-state index contributed by atoms with van der Waals surface area (Å²) in [5.41, 5.74) is 5.59. The summed E-state index contributed by atoms with van der Waals surface area (Å²) in [6.45, 7) is 5.07. The van der Waals surface area contributed by atoms with Gasteiger partial charge in [0.05, 0.1) is 0 Å². The molecule has 0 radical (unpaired) electrons. The maximum atomic E-state index is 12.3. The molecule has 0 saturated carbocycles. The molecular weight excluding hydrogens is 538 g/mol. The number of rotatable bonds is 34. The highest BCUT2D eigenvalue weighted by Crippen LogP contribution is 2.18. The van der Waals surface area contributed by atoms with E-state index in [4.69, 9.17) is 10.5 Å². The van der Waals surface area contributed by atoms with Gasteiger partial charge in [0.25, 0.3) is 0 Å². The molecule has 0 atom stereocenters. The van der Waals surface area contributed by atoms with Crippen LogP contribution in [0.25, 0.3) is 0 Å². The molecule has 0 unspecified atom stereocenters. The van der Waals surface area contributed by atoms with E-state index in [0.29, 0.717) is 13.0 Å². The predicted molar refractivity (Wildman–Crippen MR) is 196 cm³/mol. The van der Waals surface area contributed by atoms with Crippen LogP contribution in [-0.2, 0) is 9.53 Å². The van der Waals surface area contributed by atoms with Gasteiger partial charge >= 0.3 is 5.97 Å². The molecule has 0 fully saturated rings. The minimum Gasteiger partial charge on any atom is -0.462 e. The Kier molecular flexibility index (Phi) is 36.2. The minimum absolute atomic E-state index is 0.0551. The molecule has 0 bridgehead atoms. The van der Waals surface area contributed by atoms with Crippen LogP contribution in [0.4, 0.5) is 0 Å². The van der Waals surface area contributed by atoms with E-state index in [1.165, 1.54) is 141 Å². The first-order valence-corrected chi connectivity index (χ1v) is 19.2. The number of ether oxygens (including phenoxy) is 1. The summed E-state index contributed by atoms with van der Waals surface area (Å²) in [5.74, 6) is -0.0551. The van der Waals surface area contributed by atoms with E-state index < -0.39 is 0 Å². The van der Waals surface area contributed by atoms with E-state index in [-0.39, 0.29) is 12.1 Å². The fourth-order valence-corrected chi connectivity index (χ4v) is 5.47. The monoisotopic (exact) mass is 614 g/mol. The Morgan fingerprint density at radius 1 is 0.500 bits per heavy atom. The van der Waals surface area contributed by atoms with Gasteiger partial charge in [-0.3, -0.25) is 4.79 Å². The average Bonchev–Trinajstić information content (AvgIpc) is 3.03. The molecule has 0 heterocycles. The van der Waals surface area contributed by atoms with E-state index >= 15 is 0 Å². The second kappa shape index (κ2) is 37.6. The van der Waals surface area contributed by atoms with E-state index in [0.717, 1.165) is 32.1 Å². The van der Waals surface area contributed by atoms with Crippen LogP contribution >= 0.6 is 0 Å². The zero-order valence-corrected chi connectivity index (χ0v) is 29.6. The normalized spacial score (nSPS) is 12.3. The molecule has 3 heteroatoms. The second-order valence-corrected chi connectivity index (χ2v) is 12.8. The number of nitrogens with two attached hydrogens (primary N) is 1. The molecular formula is C41H75NO2. The van der Waals surface area contributed by atoms with Gasteiger partial charge in [0.2, 0.25) is 0 Å². The molecule has 0 aliphatic carbocycles. The molecule has 256 valence electrons. The first-order chi connectivity index (χ1) is 21.7. The van der Waals surface area contributed by atoms with Crippen LogP contribution in [0.2, 0.25) is 0 Å². The van der Waals surface area contributed by atoms with Crippen molar-refractivity contribution < 1.29 is 9.53 Å². The molecule has 0 saturated heterocycles. The Hall–Kier alpha value is -1.61. The molecule has 0 amide bonds. The van der Waals surface area contributed by atoms with Crippen molar-refractivity contribution in [3.63, 3.8) is 0 Å². The first kappa shape index (κ1) is 42.4. The summed E-state index contributed by atoms with van der Waals surface area (Å²) in [4.78, 5) is 12.3. The number of allylic oxidation sites excluding steroid dienone is 8. The molecule has 0 aromatic rings. The van der Waals surface area contributed by atoms with Crippen molar-refractivity contribution in [1.82, 2.24) is 0 Å². The van der Waals surface area contributed by atoms with Crippen LogP contribution in [0.1, 0.15) is 194 Å². The summed E-state index contributed by atoms with van der Waals surface area (Å²) >= 11 is 0. The molecule has 0 aliphatic rings. The van der Waals surface area contributed by atoms with Crippen LogP contribution in [0.15, 0.2) is 48.6 Å². The van der Waals surface area contributed by atoms with Crippen LogP contribution in [0.3, 0.4) is 0 Å². The lowest BCUT2D eigenvalue weighted by Crippen LogP contribution is -2.19. The third-order valence-electron chi connectivity index (χ3n) is 8.34. The van der Waals surface area contributed by atoms with E-state index in [9.17, 15) is 4.79 Å². The molecule has 0 aromatic heterocycles. The Bertz CT molecular complexity index is 645. The topological polar surface area (TPSA) is 52.3 Å². The van der Waals surface area contributed by atoms with E-state index in [1.54, 1.807) is 0 Å². The maximum absolute atomic E-state index is 12.3. The van der Waals surface area contributed by atoms with Gasteiger partial charge < -0.3 is 10.5 Å². The fraction of sp³-hybridized carbons (Fsp3) is 0.780. The Balaban J connectivity index is 3.88.